The molecule has 1 N–H and O–H groups in total. The van der Waals surface area contributed by atoms with Gasteiger partial charge in [0.1, 0.15) is 17.5 Å². The van der Waals surface area contributed by atoms with Crippen LogP contribution in [-0.2, 0) is 23.4 Å². The van der Waals surface area contributed by atoms with E-state index in [1.807, 2.05) is 0 Å². The summed E-state index contributed by atoms with van der Waals surface area (Å²) in [6.45, 7) is 7.89. The molecule has 9 heteroatoms. The molecule has 0 spiro atoms. The Hall–Kier alpha value is -1.47. The predicted molar refractivity (Wildman–Crippen MR) is 103 cm³/mol. The summed E-state index contributed by atoms with van der Waals surface area (Å²) in [5, 5.41) is 2.59. The van der Waals surface area contributed by atoms with Gasteiger partial charge in [-0.15, -0.1) is 0 Å². The molecule has 1 aromatic rings. The number of carbonyl (C=O) groups excluding carboxylic acids is 1. The van der Waals surface area contributed by atoms with Gasteiger partial charge in [0.25, 0.3) is 0 Å². The van der Waals surface area contributed by atoms with Gasteiger partial charge in [-0.05, 0) is 46.8 Å². The van der Waals surface area contributed by atoms with Gasteiger partial charge >= 0.3 is 13.7 Å². The molecule has 0 radical (unpaired) electrons. The van der Waals surface area contributed by atoms with Gasteiger partial charge in [0.2, 0.25) is 0 Å². The summed E-state index contributed by atoms with van der Waals surface area (Å²) in [6.07, 6.45) is -1.37. The van der Waals surface area contributed by atoms with Crippen LogP contribution in [-0.4, -0.2) is 42.6 Å². The molecule has 1 aliphatic rings. The van der Waals surface area contributed by atoms with Crippen LogP contribution in [0.1, 0.15) is 41.0 Å². The second kappa shape index (κ2) is 9.35. The van der Waals surface area contributed by atoms with Crippen molar-refractivity contribution in [3.8, 4) is 5.75 Å². The average molecular weight is 417 g/mol. The smallest absolute Gasteiger partial charge is 0.459 e. The predicted octanol–water partition coefficient (Wildman–Crippen LogP) is 4.03. The largest absolute Gasteiger partial charge is 0.462 e. The summed E-state index contributed by atoms with van der Waals surface area (Å²) in [5.41, 5.74) is -1.49. The molecule has 1 heterocycles. The molecule has 28 heavy (non-hydrogen) atoms. The summed E-state index contributed by atoms with van der Waals surface area (Å²) < 4.78 is 49.3. The Morgan fingerprint density at radius 1 is 1.36 bits per heavy atom. The molecule has 158 valence electrons. The average Bonchev–Trinajstić information content (AvgIpc) is 2.86. The lowest BCUT2D eigenvalue weighted by Crippen LogP contribution is -2.36. The van der Waals surface area contributed by atoms with Gasteiger partial charge in [-0.25, -0.2) is 8.96 Å². The minimum atomic E-state index is -3.96. The van der Waals surface area contributed by atoms with Gasteiger partial charge in [-0.2, -0.15) is 5.09 Å². The highest BCUT2D eigenvalue weighted by atomic mass is 31.2. The van der Waals surface area contributed by atoms with Crippen LogP contribution in [0.25, 0.3) is 0 Å². The first-order valence-corrected chi connectivity index (χ1v) is 10.9. The van der Waals surface area contributed by atoms with Crippen LogP contribution >= 0.6 is 7.75 Å². The number of nitrogens with one attached hydrogen (secondary N) is 1. The zero-order chi connectivity index (χ0) is 20.9. The number of para-hydroxylation sites is 1. The fourth-order valence-electron chi connectivity index (χ4n) is 2.70. The van der Waals surface area contributed by atoms with Crippen molar-refractivity contribution in [2.45, 2.75) is 71.1 Å². The molecule has 7 nitrogen and oxygen atoms in total. The van der Waals surface area contributed by atoms with Gasteiger partial charge in [0.15, 0.2) is 0 Å². The molecule has 0 amide bonds. The minimum Gasteiger partial charge on any atom is -0.462 e. The molecule has 0 aliphatic carbocycles. The van der Waals surface area contributed by atoms with Gasteiger partial charge in [0, 0.05) is 6.42 Å². The van der Waals surface area contributed by atoms with Gasteiger partial charge in [0.05, 0.1) is 24.9 Å². The van der Waals surface area contributed by atoms with Gasteiger partial charge < -0.3 is 14.0 Å². The zero-order valence-corrected chi connectivity index (χ0v) is 17.8. The van der Waals surface area contributed by atoms with E-state index < -0.39 is 37.6 Å². The molecule has 1 saturated heterocycles. The van der Waals surface area contributed by atoms with E-state index in [1.165, 1.54) is 13.8 Å². The van der Waals surface area contributed by atoms with Crippen molar-refractivity contribution in [3.05, 3.63) is 30.3 Å². The standard InChI is InChI=1S/C19H29FNO6P/c1-13(2)25-18(22)14(3)21-28(23,27-16-9-7-6-8-10-16)24-12-17-11-19(5,20)15(4)26-17/h6-10,13-15,17H,11-12H2,1-5H3,(H,21,23)/t14-,15-,17-,19+,28-/m0/s1. The maximum Gasteiger partial charge on any atom is 0.459 e. The first-order valence-electron chi connectivity index (χ1n) is 9.32. The minimum absolute atomic E-state index is 0.116. The number of esters is 1. The van der Waals surface area contributed by atoms with Crippen LogP contribution < -0.4 is 9.61 Å². The van der Waals surface area contributed by atoms with E-state index in [1.54, 1.807) is 51.1 Å². The number of hydrogen-bond acceptors (Lipinski definition) is 6. The number of benzene rings is 1. The lowest BCUT2D eigenvalue weighted by atomic mass is 10.00. The lowest BCUT2D eigenvalue weighted by Gasteiger charge is -2.24. The molecule has 1 fully saturated rings. The van der Waals surface area contributed by atoms with Crippen molar-refractivity contribution >= 4 is 13.7 Å². The second-order valence-corrected chi connectivity index (χ2v) is 9.11. The number of hydrogen-bond donors (Lipinski definition) is 1. The highest BCUT2D eigenvalue weighted by molar-refractivity contribution is 7.52. The van der Waals surface area contributed by atoms with Crippen molar-refractivity contribution in [1.29, 1.82) is 0 Å². The highest BCUT2D eigenvalue weighted by Crippen LogP contribution is 2.46. The molecular formula is C19H29FNO6P. The first-order chi connectivity index (χ1) is 13.0. The Balaban J connectivity index is 2.07. The van der Waals surface area contributed by atoms with E-state index in [2.05, 4.69) is 5.09 Å². The number of alkyl halides is 1. The molecule has 2 rings (SSSR count). The number of ether oxygens (including phenoxy) is 2. The lowest BCUT2D eigenvalue weighted by molar-refractivity contribution is -0.149. The third-order valence-corrected chi connectivity index (χ3v) is 5.97. The number of carbonyl (C=O) groups is 1. The van der Waals surface area contributed by atoms with Crippen LogP contribution in [0.5, 0.6) is 5.75 Å². The van der Waals surface area contributed by atoms with Crippen molar-refractivity contribution < 1.29 is 32.3 Å². The normalized spacial score (nSPS) is 28.0. The van der Waals surface area contributed by atoms with Crippen molar-refractivity contribution in [2.75, 3.05) is 6.61 Å². The second-order valence-electron chi connectivity index (χ2n) is 7.42. The summed E-state index contributed by atoms with van der Waals surface area (Å²) in [5.74, 6) is -0.281. The quantitative estimate of drug-likeness (QED) is 0.480. The van der Waals surface area contributed by atoms with Crippen molar-refractivity contribution in [3.63, 3.8) is 0 Å². The Bertz CT molecular complexity index is 699. The molecule has 1 aliphatic heterocycles. The van der Waals surface area contributed by atoms with E-state index in [0.29, 0.717) is 5.75 Å². The number of rotatable bonds is 9. The molecule has 0 saturated carbocycles. The fraction of sp³-hybridized carbons (Fsp3) is 0.632. The zero-order valence-electron chi connectivity index (χ0n) is 16.9. The van der Waals surface area contributed by atoms with E-state index in [4.69, 9.17) is 18.5 Å². The summed E-state index contributed by atoms with van der Waals surface area (Å²) >= 11 is 0. The molecule has 0 unspecified atom stereocenters. The number of halogens is 1. The molecule has 1 aromatic carbocycles. The Labute approximate surface area is 165 Å². The van der Waals surface area contributed by atoms with Crippen LogP contribution in [0, 0.1) is 0 Å². The molecular weight excluding hydrogens is 388 g/mol. The monoisotopic (exact) mass is 417 g/mol. The van der Waals surface area contributed by atoms with E-state index in [-0.39, 0.29) is 19.1 Å². The summed E-state index contributed by atoms with van der Waals surface area (Å²) in [7, 11) is -3.96. The van der Waals surface area contributed by atoms with Crippen LogP contribution in [0.2, 0.25) is 0 Å². The molecule has 5 atom stereocenters. The summed E-state index contributed by atoms with van der Waals surface area (Å²) in [4.78, 5) is 12.1. The first kappa shape index (κ1) is 22.8. The topological polar surface area (TPSA) is 83.1 Å². The van der Waals surface area contributed by atoms with E-state index in [9.17, 15) is 13.8 Å². The fourth-order valence-corrected chi connectivity index (χ4v) is 4.23. The van der Waals surface area contributed by atoms with E-state index >= 15 is 0 Å². The van der Waals surface area contributed by atoms with Crippen LogP contribution in [0.3, 0.4) is 0 Å². The van der Waals surface area contributed by atoms with Crippen LogP contribution in [0.4, 0.5) is 4.39 Å². The molecule has 0 bridgehead atoms. The van der Waals surface area contributed by atoms with Crippen molar-refractivity contribution in [2.24, 2.45) is 0 Å². The SMILES string of the molecule is CC(C)OC(=O)[C@H](C)N[P@](=O)(OC[C@@H]1C[C@@](C)(F)[C@H](C)O1)Oc1ccccc1. The Morgan fingerprint density at radius 3 is 2.54 bits per heavy atom. The maximum absolute atomic E-state index is 14.3. The third-order valence-electron chi connectivity index (χ3n) is 4.33. The van der Waals surface area contributed by atoms with Crippen molar-refractivity contribution in [1.82, 2.24) is 5.09 Å². The highest BCUT2D eigenvalue weighted by Gasteiger charge is 2.44. The summed E-state index contributed by atoms with van der Waals surface area (Å²) in [6, 6.07) is 7.50. The van der Waals surface area contributed by atoms with Gasteiger partial charge in [-0.3, -0.25) is 9.32 Å². The Kier molecular flexibility index (Phi) is 7.62. The molecule has 0 aromatic heterocycles. The Morgan fingerprint density at radius 2 is 2.00 bits per heavy atom. The van der Waals surface area contributed by atoms with Gasteiger partial charge in [-0.1, -0.05) is 18.2 Å². The van der Waals surface area contributed by atoms with Crippen LogP contribution in [0.15, 0.2) is 30.3 Å². The third kappa shape index (κ3) is 6.55. The van der Waals surface area contributed by atoms with E-state index in [0.717, 1.165) is 0 Å². The maximum atomic E-state index is 14.3.